The van der Waals surface area contributed by atoms with E-state index in [1.54, 1.807) is 4.90 Å². The Balaban J connectivity index is 1.65. The first-order valence-corrected chi connectivity index (χ1v) is 7.99. The lowest BCUT2D eigenvalue weighted by molar-refractivity contribution is 0.0240. The van der Waals surface area contributed by atoms with Crippen molar-refractivity contribution in [3.8, 4) is 0 Å². The minimum Gasteiger partial charge on any atom is -0.444 e. The number of nitrogens with zero attached hydrogens (tertiary/aromatic N) is 3. The molecule has 1 aromatic carbocycles. The summed E-state index contributed by atoms with van der Waals surface area (Å²) in [5, 5.41) is 2.33. The number of amides is 1. The zero-order chi connectivity index (χ0) is 16.4. The Kier molecular flexibility index (Phi) is 4.11. The smallest absolute Gasteiger partial charge is 0.410 e. The summed E-state index contributed by atoms with van der Waals surface area (Å²) in [5.41, 5.74) is 0.744. The van der Waals surface area contributed by atoms with Crippen LogP contribution in [0, 0.1) is 0 Å². The molecular weight excluding hydrogens is 290 g/mol. The van der Waals surface area contributed by atoms with Crippen LogP contribution >= 0.6 is 0 Å². The van der Waals surface area contributed by atoms with Crippen molar-refractivity contribution in [3.05, 3.63) is 36.7 Å². The molecule has 0 atom stereocenters. The lowest BCUT2D eigenvalue weighted by Gasteiger charge is -2.36. The summed E-state index contributed by atoms with van der Waals surface area (Å²) >= 11 is 0. The molecule has 23 heavy (non-hydrogen) atoms. The summed E-state index contributed by atoms with van der Waals surface area (Å²) in [6, 6.07) is 8.42. The molecule has 5 heteroatoms. The predicted octanol–water partition coefficient (Wildman–Crippen LogP) is 3.29. The minimum absolute atomic E-state index is 0.221. The van der Waals surface area contributed by atoms with E-state index in [1.807, 2.05) is 39.2 Å². The molecule has 1 amide bonds. The zero-order valence-corrected chi connectivity index (χ0v) is 14.0. The summed E-state index contributed by atoms with van der Waals surface area (Å²) in [6.45, 7) is 8.68. The van der Waals surface area contributed by atoms with Crippen molar-refractivity contribution < 1.29 is 9.53 Å². The van der Waals surface area contributed by atoms with Gasteiger partial charge in [0.1, 0.15) is 5.60 Å². The van der Waals surface area contributed by atoms with Crippen LogP contribution in [0.25, 0.3) is 10.8 Å². The van der Waals surface area contributed by atoms with E-state index in [2.05, 4.69) is 28.1 Å². The number of aromatic nitrogens is 1. The van der Waals surface area contributed by atoms with Crippen molar-refractivity contribution in [3.63, 3.8) is 0 Å². The molecule has 1 aromatic heterocycles. The van der Waals surface area contributed by atoms with Crippen LogP contribution in [0.4, 0.5) is 10.5 Å². The molecule has 1 aliphatic rings. The molecule has 122 valence electrons. The van der Waals surface area contributed by atoms with Gasteiger partial charge < -0.3 is 14.5 Å². The molecule has 2 aromatic rings. The second-order valence-electron chi connectivity index (χ2n) is 6.86. The first-order valence-electron chi connectivity index (χ1n) is 7.99. The van der Waals surface area contributed by atoms with Gasteiger partial charge in [-0.3, -0.25) is 4.98 Å². The van der Waals surface area contributed by atoms with Crippen LogP contribution in [0.1, 0.15) is 20.8 Å². The number of ether oxygens (including phenoxy) is 1. The first-order chi connectivity index (χ1) is 10.9. The van der Waals surface area contributed by atoms with E-state index in [1.165, 1.54) is 11.1 Å². The molecule has 0 spiro atoms. The third kappa shape index (κ3) is 3.73. The monoisotopic (exact) mass is 313 g/mol. The number of hydrogen-bond donors (Lipinski definition) is 0. The Morgan fingerprint density at radius 3 is 2.52 bits per heavy atom. The molecule has 0 aliphatic carbocycles. The fourth-order valence-electron chi connectivity index (χ4n) is 2.74. The van der Waals surface area contributed by atoms with Crippen molar-refractivity contribution in [1.29, 1.82) is 0 Å². The number of piperazine rings is 1. The van der Waals surface area contributed by atoms with Crippen molar-refractivity contribution in [1.82, 2.24) is 9.88 Å². The second kappa shape index (κ2) is 6.07. The van der Waals surface area contributed by atoms with Crippen LogP contribution in [0.15, 0.2) is 36.7 Å². The standard InChI is InChI=1S/C18H23N3O2/c1-18(2,3)23-17(22)21-10-8-20(9-11-21)16-5-4-15-13-19-7-6-14(15)12-16/h4-7,12-13H,8-11H2,1-3H3. The van der Waals surface area contributed by atoms with Gasteiger partial charge in [-0.05, 0) is 44.4 Å². The molecule has 1 aliphatic heterocycles. The van der Waals surface area contributed by atoms with Gasteiger partial charge in [0.15, 0.2) is 0 Å². The molecule has 1 saturated heterocycles. The number of rotatable bonds is 1. The van der Waals surface area contributed by atoms with Crippen LogP contribution < -0.4 is 4.90 Å². The summed E-state index contributed by atoms with van der Waals surface area (Å²) in [6.07, 6.45) is 3.47. The van der Waals surface area contributed by atoms with Crippen LogP contribution in [-0.4, -0.2) is 47.8 Å². The molecule has 2 heterocycles. The first kappa shape index (κ1) is 15.6. The molecular formula is C18H23N3O2. The average molecular weight is 313 g/mol. The summed E-state index contributed by atoms with van der Waals surface area (Å²) in [7, 11) is 0. The molecule has 1 fully saturated rings. The van der Waals surface area contributed by atoms with Crippen molar-refractivity contribution >= 4 is 22.6 Å². The van der Waals surface area contributed by atoms with E-state index in [0.717, 1.165) is 18.5 Å². The maximum absolute atomic E-state index is 12.1. The van der Waals surface area contributed by atoms with Crippen LogP contribution in [0.3, 0.4) is 0 Å². The summed E-state index contributed by atoms with van der Waals surface area (Å²) in [5.74, 6) is 0. The lowest BCUT2D eigenvalue weighted by Crippen LogP contribution is -2.50. The highest BCUT2D eigenvalue weighted by Gasteiger charge is 2.25. The van der Waals surface area contributed by atoms with Crippen LogP contribution in [-0.2, 0) is 4.74 Å². The third-order valence-electron chi connectivity index (χ3n) is 3.92. The number of benzene rings is 1. The second-order valence-corrected chi connectivity index (χ2v) is 6.86. The Bertz CT molecular complexity index is 701. The fraction of sp³-hybridized carbons (Fsp3) is 0.444. The average Bonchev–Trinajstić information content (AvgIpc) is 2.53. The molecule has 3 rings (SSSR count). The zero-order valence-electron chi connectivity index (χ0n) is 14.0. The minimum atomic E-state index is -0.444. The van der Waals surface area contributed by atoms with Gasteiger partial charge in [-0.1, -0.05) is 6.07 Å². The maximum atomic E-state index is 12.1. The number of carbonyl (C=O) groups excluding carboxylic acids is 1. The third-order valence-corrected chi connectivity index (χ3v) is 3.92. The Morgan fingerprint density at radius 1 is 1.09 bits per heavy atom. The van der Waals surface area contributed by atoms with Gasteiger partial charge >= 0.3 is 6.09 Å². The Labute approximate surface area is 136 Å². The van der Waals surface area contributed by atoms with Gasteiger partial charge in [0.2, 0.25) is 0 Å². The molecule has 0 N–H and O–H groups in total. The van der Waals surface area contributed by atoms with E-state index < -0.39 is 5.60 Å². The summed E-state index contributed by atoms with van der Waals surface area (Å²) < 4.78 is 5.44. The predicted molar refractivity (Wildman–Crippen MR) is 91.8 cm³/mol. The molecule has 0 unspecified atom stereocenters. The lowest BCUT2D eigenvalue weighted by atomic mass is 10.1. The molecule has 0 radical (unpaired) electrons. The van der Waals surface area contributed by atoms with E-state index >= 15 is 0 Å². The number of carbonyl (C=O) groups is 1. The van der Waals surface area contributed by atoms with Gasteiger partial charge in [-0.2, -0.15) is 0 Å². The number of fused-ring (bicyclic) bond motifs is 1. The van der Waals surface area contributed by atoms with E-state index in [-0.39, 0.29) is 6.09 Å². The van der Waals surface area contributed by atoms with E-state index in [9.17, 15) is 4.79 Å². The maximum Gasteiger partial charge on any atom is 0.410 e. The van der Waals surface area contributed by atoms with Crippen molar-refractivity contribution in [2.45, 2.75) is 26.4 Å². The van der Waals surface area contributed by atoms with Gasteiger partial charge in [-0.25, -0.2) is 4.79 Å². The Morgan fingerprint density at radius 2 is 1.83 bits per heavy atom. The van der Waals surface area contributed by atoms with Crippen LogP contribution in [0.2, 0.25) is 0 Å². The van der Waals surface area contributed by atoms with E-state index in [0.29, 0.717) is 13.1 Å². The quantitative estimate of drug-likeness (QED) is 0.810. The topological polar surface area (TPSA) is 45.7 Å². The fourth-order valence-corrected chi connectivity index (χ4v) is 2.74. The molecule has 5 nitrogen and oxygen atoms in total. The SMILES string of the molecule is CC(C)(C)OC(=O)N1CCN(c2ccc3cnccc3c2)CC1. The summed E-state index contributed by atoms with van der Waals surface area (Å²) in [4.78, 5) is 20.3. The number of anilines is 1. The molecule has 0 bridgehead atoms. The highest BCUT2D eigenvalue weighted by Crippen LogP contribution is 2.23. The van der Waals surface area contributed by atoms with Gasteiger partial charge in [-0.15, -0.1) is 0 Å². The highest BCUT2D eigenvalue weighted by atomic mass is 16.6. The van der Waals surface area contributed by atoms with Crippen molar-refractivity contribution in [2.24, 2.45) is 0 Å². The van der Waals surface area contributed by atoms with Gasteiger partial charge in [0, 0.05) is 49.6 Å². The largest absolute Gasteiger partial charge is 0.444 e. The Hall–Kier alpha value is -2.30. The van der Waals surface area contributed by atoms with Gasteiger partial charge in [0.25, 0.3) is 0 Å². The van der Waals surface area contributed by atoms with E-state index in [4.69, 9.17) is 4.74 Å². The van der Waals surface area contributed by atoms with Crippen molar-refractivity contribution in [2.75, 3.05) is 31.1 Å². The van der Waals surface area contributed by atoms with Crippen LogP contribution in [0.5, 0.6) is 0 Å². The normalized spacial score (nSPS) is 15.8. The molecule has 0 saturated carbocycles. The van der Waals surface area contributed by atoms with Gasteiger partial charge in [0.05, 0.1) is 0 Å². The highest BCUT2D eigenvalue weighted by molar-refractivity contribution is 5.85. The number of pyridine rings is 1. The number of hydrogen-bond acceptors (Lipinski definition) is 4.